The number of hydrogen-bond donors (Lipinski definition) is 1. The Labute approximate surface area is 113 Å². The Bertz CT molecular complexity index is 329. The van der Waals surface area contributed by atoms with Gasteiger partial charge >= 0.3 is 0 Å². The van der Waals surface area contributed by atoms with Crippen molar-refractivity contribution in [1.82, 2.24) is 5.32 Å². The van der Waals surface area contributed by atoms with Crippen molar-refractivity contribution in [3.63, 3.8) is 0 Å². The van der Waals surface area contributed by atoms with Gasteiger partial charge in [-0.15, -0.1) is 23.4 Å². The van der Waals surface area contributed by atoms with Crippen molar-refractivity contribution in [2.75, 3.05) is 13.1 Å². The predicted molar refractivity (Wildman–Crippen MR) is 77.2 cm³/mol. The summed E-state index contributed by atoms with van der Waals surface area (Å²) in [5.41, 5.74) is 1.51. The minimum absolute atomic E-state index is 0.307. The maximum Gasteiger partial charge on any atom is 0.0308 e. The number of hydrogen-bond acceptors (Lipinski definition) is 2. The van der Waals surface area contributed by atoms with Gasteiger partial charge in [0.1, 0.15) is 0 Å². The maximum atomic E-state index is 5.91. The van der Waals surface area contributed by atoms with Gasteiger partial charge in [0.25, 0.3) is 0 Å². The van der Waals surface area contributed by atoms with E-state index in [1.165, 1.54) is 23.3 Å². The first-order chi connectivity index (χ1) is 8.25. The molecular weight excluding hydrogens is 250 g/mol. The van der Waals surface area contributed by atoms with Crippen LogP contribution in [-0.4, -0.2) is 23.7 Å². The van der Waals surface area contributed by atoms with Crippen molar-refractivity contribution in [2.45, 2.75) is 41.7 Å². The molecule has 0 saturated carbocycles. The van der Waals surface area contributed by atoms with Crippen molar-refractivity contribution in [1.29, 1.82) is 0 Å². The summed E-state index contributed by atoms with van der Waals surface area (Å²) in [6, 6.07) is 8.74. The molecule has 1 N–H and O–H groups in total. The molecule has 0 amide bonds. The van der Waals surface area contributed by atoms with Crippen LogP contribution in [0.2, 0.25) is 0 Å². The fourth-order valence-corrected chi connectivity index (χ4v) is 3.58. The molecule has 17 heavy (non-hydrogen) atoms. The largest absolute Gasteiger partial charge is 0.316 e. The smallest absolute Gasteiger partial charge is 0.0308 e. The number of halogens is 1. The lowest BCUT2D eigenvalue weighted by Crippen LogP contribution is -2.25. The van der Waals surface area contributed by atoms with E-state index in [0.29, 0.717) is 10.6 Å². The molecule has 2 unspecified atom stereocenters. The van der Waals surface area contributed by atoms with Crippen molar-refractivity contribution in [2.24, 2.45) is 0 Å². The molecule has 1 aromatic carbocycles. The van der Waals surface area contributed by atoms with Gasteiger partial charge in [0, 0.05) is 22.1 Å². The highest BCUT2D eigenvalue weighted by Crippen LogP contribution is 2.36. The second-order valence-corrected chi connectivity index (χ2v) is 6.77. The van der Waals surface area contributed by atoms with Crippen molar-refractivity contribution in [3.8, 4) is 0 Å². The molecule has 1 aliphatic heterocycles. The van der Waals surface area contributed by atoms with E-state index in [-0.39, 0.29) is 0 Å². The van der Waals surface area contributed by atoms with E-state index in [0.717, 1.165) is 19.5 Å². The molecule has 0 saturated heterocycles. The minimum Gasteiger partial charge on any atom is -0.316 e. The van der Waals surface area contributed by atoms with E-state index >= 15 is 0 Å². The second kappa shape index (κ2) is 6.67. The van der Waals surface area contributed by atoms with Gasteiger partial charge in [-0.2, -0.15) is 0 Å². The van der Waals surface area contributed by atoms with Crippen molar-refractivity contribution in [3.05, 3.63) is 29.8 Å². The summed E-state index contributed by atoms with van der Waals surface area (Å²) in [5, 5.41) is 4.55. The van der Waals surface area contributed by atoms with Gasteiger partial charge in [-0.05, 0) is 44.4 Å². The SMILES string of the molecule is CC(Cl)CCCNCC1Cc2ccccc2S1. The van der Waals surface area contributed by atoms with Crippen LogP contribution in [0.5, 0.6) is 0 Å². The van der Waals surface area contributed by atoms with Gasteiger partial charge in [-0.25, -0.2) is 0 Å². The first-order valence-electron chi connectivity index (χ1n) is 6.35. The Kier molecular flexibility index (Phi) is 5.20. The van der Waals surface area contributed by atoms with Gasteiger partial charge < -0.3 is 5.32 Å². The molecule has 0 fully saturated rings. The molecular formula is C14H20ClNS. The van der Waals surface area contributed by atoms with E-state index in [1.54, 1.807) is 0 Å². The van der Waals surface area contributed by atoms with Crippen LogP contribution < -0.4 is 5.32 Å². The number of fused-ring (bicyclic) bond motifs is 1. The van der Waals surface area contributed by atoms with Crippen LogP contribution in [0.3, 0.4) is 0 Å². The Morgan fingerprint density at radius 1 is 1.47 bits per heavy atom. The lowest BCUT2D eigenvalue weighted by atomic mass is 10.1. The molecule has 1 heterocycles. The van der Waals surface area contributed by atoms with Crippen LogP contribution in [0.1, 0.15) is 25.3 Å². The number of nitrogens with one attached hydrogen (secondary N) is 1. The molecule has 94 valence electrons. The third kappa shape index (κ3) is 4.20. The summed E-state index contributed by atoms with van der Waals surface area (Å²) in [6.07, 6.45) is 3.49. The average Bonchev–Trinajstić information content (AvgIpc) is 2.70. The quantitative estimate of drug-likeness (QED) is 0.624. The van der Waals surface area contributed by atoms with Crippen LogP contribution >= 0.6 is 23.4 Å². The molecule has 0 aliphatic carbocycles. The molecule has 3 heteroatoms. The summed E-state index contributed by atoms with van der Waals surface area (Å²) in [6.45, 7) is 4.26. The van der Waals surface area contributed by atoms with E-state index in [9.17, 15) is 0 Å². The maximum absolute atomic E-state index is 5.91. The molecule has 0 spiro atoms. The zero-order valence-corrected chi connectivity index (χ0v) is 11.9. The Balaban J connectivity index is 1.63. The standard InChI is InChI=1S/C14H20ClNS/c1-11(15)5-4-8-16-10-13-9-12-6-2-3-7-14(12)17-13/h2-3,6-7,11,13,16H,4-5,8-10H2,1H3. The lowest BCUT2D eigenvalue weighted by molar-refractivity contribution is 0.610. The van der Waals surface area contributed by atoms with Gasteiger partial charge in [0.15, 0.2) is 0 Å². The third-order valence-electron chi connectivity index (χ3n) is 3.04. The zero-order chi connectivity index (χ0) is 12.1. The average molecular weight is 270 g/mol. The fraction of sp³-hybridized carbons (Fsp3) is 0.571. The molecule has 1 aliphatic rings. The molecule has 0 bridgehead atoms. The Hall–Kier alpha value is -0.180. The summed E-state index contributed by atoms with van der Waals surface area (Å²) < 4.78 is 0. The molecule has 0 radical (unpaired) electrons. The molecule has 2 atom stereocenters. The highest BCUT2D eigenvalue weighted by molar-refractivity contribution is 8.00. The molecule has 1 aromatic rings. The van der Waals surface area contributed by atoms with Crippen LogP contribution in [0.25, 0.3) is 0 Å². The molecule has 0 aromatic heterocycles. The topological polar surface area (TPSA) is 12.0 Å². The number of thioether (sulfide) groups is 1. The fourth-order valence-electron chi connectivity index (χ4n) is 2.14. The first kappa shape index (κ1) is 13.3. The summed E-state index contributed by atoms with van der Waals surface area (Å²) in [4.78, 5) is 1.47. The summed E-state index contributed by atoms with van der Waals surface area (Å²) >= 11 is 7.92. The predicted octanol–water partition coefficient (Wildman–Crippen LogP) is 3.70. The van der Waals surface area contributed by atoms with Crippen LogP contribution in [-0.2, 0) is 6.42 Å². The Morgan fingerprint density at radius 3 is 3.06 bits per heavy atom. The van der Waals surface area contributed by atoms with Gasteiger partial charge in [0.05, 0.1) is 0 Å². The first-order valence-corrected chi connectivity index (χ1v) is 7.66. The van der Waals surface area contributed by atoms with Crippen molar-refractivity contribution >= 4 is 23.4 Å². The molecule has 1 nitrogen and oxygen atoms in total. The Morgan fingerprint density at radius 2 is 2.29 bits per heavy atom. The minimum atomic E-state index is 0.307. The van der Waals surface area contributed by atoms with E-state index in [2.05, 4.69) is 36.5 Å². The van der Waals surface area contributed by atoms with Gasteiger partial charge in [-0.1, -0.05) is 18.2 Å². The van der Waals surface area contributed by atoms with Crippen molar-refractivity contribution < 1.29 is 0 Å². The zero-order valence-electron chi connectivity index (χ0n) is 10.3. The second-order valence-electron chi connectivity index (χ2n) is 4.68. The van der Waals surface area contributed by atoms with Gasteiger partial charge in [0.2, 0.25) is 0 Å². The van der Waals surface area contributed by atoms with E-state index in [4.69, 9.17) is 11.6 Å². The third-order valence-corrected chi connectivity index (χ3v) is 4.58. The van der Waals surface area contributed by atoms with E-state index in [1.807, 2.05) is 11.8 Å². The number of alkyl halides is 1. The number of rotatable bonds is 6. The van der Waals surface area contributed by atoms with Crippen LogP contribution in [0.15, 0.2) is 29.2 Å². The molecule has 2 rings (SSSR count). The lowest BCUT2D eigenvalue weighted by Gasteiger charge is -2.10. The summed E-state index contributed by atoms with van der Waals surface area (Å²) in [5.74, 6) is 0. The summed E-state index contributed by atoms with van der Waals surface area (Å²) in [7, 11) is 0. The van der Waals surface area contributed by atoms with E-state index < -0.39 is 0 Å². The normalized spacial score (nSPS) is 20.2. The highest BCUT2D eigenvalue weighted by Gasteiger charge is 2.20. The van der Waals surface area contributed by atoms with Crippen LogP contribution in [0, 0.1) is 0 Å². The van der Waals surface area contributed by atoms with Crippen LogP contribution in [0.4, 0.5) is 0 Å². The highest BCUT2D eigenvalue weighted by atomic mass is 35.5. The number of benzene rings is 1. The monoisotopic (exact) mass is 269 g/mol. The van der Waals surface area contributed by atoms with Gasteiger partial charge in [-0.3, -0.25) is 0 Å².